The molecular weight excluding hydrogens is 286 g/mol. The van der Waals surface area contributed by atoms with Crippen LogP contribution in [0.5, 0.6) is 11.5 Å². The lowest BCUT2D eigenvalue weighted by Crippen LogP contribution is -2.19. The molecule has 122 valence electrons. The molecular formula is C20H25NO2. The number of rotatable bonds is 5. The van der Waals surface area contributed by atoms with Crippen LogP contribution < -0.4 is 14.8 Å². The van der Waals surface area contributed by atoms with Gasteiger partial charge in [0, 0.05) is 30.1 Å². The van der Waals surface area contributed by atoms with E-state index in [-0.39, 0.29) is 12.1 Å². The van der Waals surface area contributed by atoms with Gasteiger partial charge in [0.25, 0.3) is 0 Å². The minimum absolute atomic E-state index is 0.254. The van der Waals surface area contributed by atoms with Crippen LogP contribution >= 0.6 is 0 Å². The average molecular weight is 311 g/mol. The molecule has 0 fully saturated rings. The molecule has 0 saturated heterocycles. The first-order valence-corrected chi connectivity index (χ1v) is 8.24. The molecule has 2 aromatic rings. The zero-order valence-corrected chi connectivity index (χ0v) is 14.3. The number of hydrogen-bond donors (Lipinski definition) is 1. The molecule has 23 heavy (non-hydrogen) atoms. The first-order valence-electron chi connectivity index (χ1n) is 8.24. The van der Waals surface area contributed by atoms with Gasteiger partial charge in [-0.25, -0.2) is 0 Å². The van der Waals surface area contributed by atoms with E-state index in [0.717, 1.165) is 30.0 Å². The summed E-state index contributed by atoms with van der Waals surface area (Å²) < 4.78 is 11.4. The number of ether oxygens (including phenoxy) is 2. The van der Waals surface area contributed by atoms with Gasteiger partial charge in [-0.05, 0) is 44.0 Å². The Morgan fingerprint density at radius 1 is 1.30 bits per heavy atom. The van der Waals surface area contributed by atoms with Crippen LogP contribution in [-0.2, 0) is 13.0 Å². The van der Waals surface area contributed by atoms with Gasteiger partial charge in [-0.1, -0.05) is 24.3 Å². The highest BCUT2D eigenvalue weighted by Gasteiger charge is 2.21. The molecule has 0 spiro atoms. The maximum Gasteiger partial charge on any atom is 0.123 e. The number of hydrogen-bond acceptors (Lipinski definition) is 3. The van der Waals surface area contributed by atoms with Crippen LogP contribution in [0.3, 0.4) is 0 Å². The van der Waals surface area contributed by atoms with Crippen molar-refractivity contribution in [3.63, 3.8) is 0 Å². The van der Waals surface area contributed by atoms with Crippen molar-refractivity contribution in [1.29, 1.82) is 0 Å². The highest BCUT2D eigenvalue weighted by molar-refractivity contribution is 5.48. The Bertz CT molecular complexity index is 696. The number of aryl methyl sites for hydroxylation is 1. The Balaban J connectivity index is 1.76. The second kappa shape index (κ2) is 6.63. The molecule has 0 unspecified atom stereocenters. The highest BCUT2D eigenvalue weighted by Crippen LogP contribution is 2.35. The molecule has 3 heteroatoms. The zero-order valence-electron chi connectivity index (χ0n) is 14.3. The Labute approximate surface area is 138 Å². The molecule has 1 aliphatic rings. The van der Waals surface area contributed by atoms with E-state index in [1.807, 2.05) is 0 Å². The van der Waals surface area contributed by atoms with E-state index >= 15 is 0 Å². The zero-order chi connectivity index (χ0) is 16.4. The Morgan fingerprint density at radius 2 is 2.09 bits per heavy atom. The lowest BCUT2D eigenvalue weighted by Gasteiger charge is -2.18. The minimum Gasteiger partial charge on any atom is -0.496 e. The van der Waals surface area contributed by atoms with Gasteiger partial charge < -0.3 is 14.8 Å². The molecule has 2 aromatic carbocycles. The van der Waals surface area contributed by atoms with E-state index in [4.69, 9.17) is 9.47 Å². The van der Waals surface area contributed by atoms with E-state index in [0.29, 0.717) is 0 Å². The number of fused-ring (bicyclic) bond motifs is 1. The van der Waals surface area contributed by atoms with Gasteiger partial charge >= 0.3 is 0 Å². The maximum atomic E-state index is 5.87. The number of benzene rings is 2. The summed E-state index contributed by atoms with van der Waals surface area (Å²) >= 11 is 0. The summed E-state index contributed by atoms with van der Waals surface area (Å²) in [6.07, 6.45) is 1.21. The van der Waals surface area contributed by atoms with Gasteiger partial charge in [0.05, 0.1) is 7.11 Å². The van der Waals surface area contributed by atoms with E-state index in [1.54, 1.807) is 7.11 Å². The van der Waals surface area contributed by atoms with Gasteiger partial charge in [-0.15, -0.1) is 0 Å². The van der Waals surface area contributed by atoms with E-state index in [9.17, 15) is 0 Å². The number of methoxy groups -OCH3 is 1. The van der Waals surface area contributed by atoms with Crippen LogP contribution in [0.25, 0.3) is 0 Å². The molecule has 0 aliphatic carbocycles. The van der Waals surface area contributed by atoms with E-state index < -0.39 is 0 Å². The first kappa shape index (κ1) is 15.9. The topological polar surface area (TPSA) is 30.5 Å². The van der Waals surface area contributed by atoms with E-state index in [2.05, 4.69) is 62.5 Å². The summed E-state index contributed by atoms with van der Waals surface area (Å²) in [5.74, 6) is 1.93. The summed E-state index contributed by atoms with van der Waals surface area (Å²) in [5.41, 5.74) is 5.02. The Kier molecular flexibility index (Phi) is 4.58. The summed E-state index contributed by atoms with van der Waals surface area (Å²) in [6.45, 7) is 7.20. The third kappa shape index (κ3) is 3.35. The molecule has 1 aliphatic heterocycles. The second-order valence-electron chi connectivity index (χ2n) is 6.36. The Hall–Kier alpha value is -2.00. The third-order valence-electron chi connectivity index (χ3n) is 4.55. The predicted octanol–water partition coefficient (Wildman–Crippen LogP) is 4.18. The molecule has 3 rings (SSSR count). The fraction of sp³-hybridized carbons (Fsp3) is 0.400. The monoisotopic (exact) mass is 311 g/mol. The minimum atomic E-state index is 0.254. The van der Waals surface area contributed by atoms with Crippen LogP contribution in [-0.4, -0.2) is 13.2 Å². The van der Waals surface area contributed by atoms with Crippen molar-refractivity contribution >= 4 is 0 Å². The Morgan fingerprint density at radius 3 is 2.83 bits per heavy atom. The maximum absolute atomic E-state index is 5.87. The summed E-state index contributed by atoms with van der Waals surface area (Å²) in [6, 6.07) is 13.0. The molecule has 0 bridgehead atoms. The third-order valence-corrected chi connectivity index (χ3v) is 4.55. The standard InChI is InChI=1S/C20H25NO2/c1-13-7-5-6-8-18(13)15(3)21-12-17-11-20-16(9-14(2)23-20)10-19(17)22-4/h5-8,10-11,14-15,21H,9,12H2,1-4H3/t14-,15+/m1/s1. The fourth-order valence-corrected chi connectivity index (χ4v) is 3.26. The van der Waals surface area contributed by atoms with E-state index in [1.165, 1.54) is 16.7 Å². The van der Waals surface area contributed by atoms with Crippen molar-refractivity contribution in [3.8, 4) is 11.5 Å². The molecule has 0 radical (unpaired) electrons. The largest absolute Gasteiger partial charge is 0.496 e. The molecule has 3 nitrogen and oxygen atoms in total. The SMILES string of the molecule is COc1cc2c(cc1CN[C@@H](C)c1ccccc1C)O[C@H](C)C2. The predicted molar refractivity (Wildman–Crippen MR) is 93.2 cm³/mol. The van der Waals surface area contributed by atoms with Crippen LogP contribution in [0.2, 0.25) is 0 Å². The summed E-state index contributed by atoms with van der Waals surface area (Å²) in [7, 11) is 1.73. The normalized spacial score (nSPS) is 17.5. The average Bonchev–Trinajstić information content (AvgIpc) is 2.90. The first-order chi connectivity index (χ1) is 11.1. The van der Waals surface area contributed by atoms with Gasteiger partial charge in [0.15, 0.2) is 0 Å². The van der Waals surface area contributed by atoms with Crippen LogP contribution in [0.15, 0.2) is 36.4 Å². The van der Waals surface area contributed by atoms with Crippen LogP contribution in [0.4, 0.5) is 0 Å². The van der Waals surface area contributed by atoms with Gasteiger partial charge in [0.2, 0.25) is 0 Å². The molecule has 0 aromatic heterocycles. The summed E-state index contributed by atoms with van der Waals surface area (Å²) in [4.78, 5) is 0. The lowest BCUT2D eigenvalue weighted by molar-refractivity contribution is 0.254. The van der Waals surface area contributed by atoms with Crippen molar-refractivity contribution in [1.82, 2.24) is 5.32 Å². The van der Waals surface area contributed by atoms with Crippen LogP contribution in [0.1, 0.15) is 42.1 Å². The van der Waals surface area contributed by atoms with Crippen molar-refractivity contribution in [2.24, 2.45) is 0 Å². The van der Waals surface area contributed by atoms with Crippen molar-refractivity contribution < 1.29 is 9.47 Å². The smallest absolute Gasteiger partial charge is 0.123 e. The summed E-state index contributed by atoms with van der Waals surface area (Å²) in [5, 5.41) is 3.60. The highest BCUT2D eigenvalue weighted by atomic mass is 16.5. The lowest BCUT2D eigenvalue weighted by atomic mass is 10.0. The van der Waals surface area contributed by atoms with Crippen molar-refractivity contribution in [3.05, 3.63) is 58.7 Å². The molecule has 1 heterocycles. The molecule has 1 N–H and O–H groups in total. The molecule has 0 saturated carbocycles. The fourth-order valence-electron chi connectivity index (χ4n) is 3.26. The molecule has 2 atom stereocenters. The van der Waals surface area contributed by atoms with Crippen molar-refractivity contribution in [2.45, 2.75) is 45.9 Å². The van der Waals surface area contributed by atoms with Gasteiger partial charge in [-0.2, -0.15) is 0 Å². The van der Waals surface area contributed by atoms with Gasteiger partial charge in [0.1, 0.15) is 17.6 Å². The number of nitrogens with one attached hydrogen (secondary N) is 1. The quantitative estimate of drug-likeness (QED) is 0.898. The molecule has 0 amide bonds. The second-order valence-corrected chi connectivity index (χ2v) is 6.36. The van der Waals surface area contributed by atoms with Gasteiger partial charge in [-0.3, -0.25) is 0 Å². The van der Waals surface area contributed by atoms with Crippen LogP contribution in [0, 0.1) is 6.92 Å². The van der Waals surface area contributed by atoms with Crippen molar-refractivity contribution in [2.75, 3.05) is 7.11 Å².